The van der Waals surface area contributed by atoms with Gasteiger partial charge in [-0.2, -0.15) is 0 Å². The fourth-order valence-corrected chi connectivity index (χ4v) is 2.06. The lowest BCUT2D eigenvalue weighted by Crippen LogP contribution is -2.32. The number of ether oxygens (including phenoxy) is 1. The van der Waals surface area contributed by atoms with Crippen LogP contribution in [0.4, 0.5) is 4.79 Å². The molecule has 0 aliphatic rings. The van der Waals surface area contributed by atoms with Crippen LogP contribution in [0.5, 0.6) is 0 Å². The Kier molecular flexibility index (Phi) is 5.28. The Labute approximate surface area is 116 Å². The quantitative estimate of drug-likeness (QED) is 0.865. The molecule has 4 nitrogen and oxygen atoms in total. The van der Waals surface area contributed by atoms with Crippen molar-refractivity contribution in [2.45, 2.75) is 37.8 Å². The number of nitrogens with zero attached hydrogens (tertiary/aromatic N) is 1. The van der Waals surface area contributed by atoms with Gasteiger partial charge in [-0.05, 0) is 33.1 Å². The van der Waals surface area contributed by atoms with E-state index in [1.807, 2.05) is 33.1 Å². The molecule has 0 spiro atoms. The van der Waals surface area contributed by atoms with Gasteiger partial charge in [0.05, 0.1) is 17.3 Å². The summed E-state index contributed by atoms with van der Waals surface area (Å²) in [5.74, 6) is 0. The number of rotatable bonds is 3. The Morgan fingerprint density at radius 3 is 2.78 bits per heavy atom. The minimum Gasteiger partial charge on any atom is -0.444 e. The predicted molar refractivity (Wildman–Crippen MR) is 74.1 cm³/mol. The number of carbonyl (C=O) groups is 1. The standard InChI is InChI=1S/C12H17ClN2O2S/c1-12(2,3)17-11(16)15-7-9-10(18-4)5-8(13)6-14-9/h5-6H,7H2,1-4H3,(H,15,16). The Morgan fingerprint density at radius 2 is 2.22 bits per heavy atom. The van der Waals surface area contributed by atoms with Gasteiger partial charge in [0.2, 0.25) is 0 Å². The Morgan fingerprint density at radius 1 is 1.56 bits per heavy atom. The lowest BCUT2D eigenvalue weighted by molar-refractivity contribution is 0.0522. The molecule has 0 aromatic carbocycles. The van der Waals surface area contributed by atoms with Crippen LogP contribution in [0, 0.1) is 0 Å². The smallest absolute Gasteiger partial charge is 0.407 e. The number of amides is 1. The number of nitrogens with one attached hydrogen (secondary N) is 1. The van der Waals surface area contributed by atoms with Crippen molar-refractivity contribution in [2.75, 3.05) is 6.26 Å². The first-order valence-electron chi connectivity index (χ1n) is 5.47. The zero-order valence-electron chi connectivity index (χ0n) is 10.9. The summed E-state index contributed by atoms with van der Waals surface area (Å²) in [6.07, 6.45) is 3.05. The van der Waals surface area contributed by atoms with Crippen molar-refractivity contribution in [3.63, 3.8) is 0 Å². The number of hydrogen-bond acceptors (Lipinski definition) is 4. The molecule has 1 heterocycles. The number of aromatic nitrogens is 1. The third-order valence-corrected chi connectivity index (χ3v) is 2.92. The molecule has 0 atom stereocenters. The van der Waals surface area contributed by atoms with Crippen LogP contribution in [0.15, 0.2) is 17.2 Å². The molecule has 1 N–H and O–H groups in total. The van der Waals surface area contributed by atoms with E-state index in [2.05, 4.69) is 10.3 Å². The van der Waals surface area contributed by atoms with Crippen molar-refractivity contribution in [1.29, 1.82) is 0 Å². The number of carbonyl (C=O) groups excluding carboxylic acids is 1. The van der Waals surface area contributed by atoms with Gasteiger partial charge in [0.25, 0.3) is 0 Å². The maximum Gasteiger partial charge on any atom is 0.407 e. The molecular formula is C12H17ClN2O2S. The highest BCUT2D eigenvalue weighted by molar-refractivity contribution is 7.98. The predicted octanol–water partition coefficient (Wildman–Crippen LogP) is 3.48. The summed E-state index contributed by atoms with van der Waals surface area (Å²) < 4.78 is 5.15. The maximum atomic E-state index is 11.5. The number of alkyl carbamates (subject to hydrolysis) is 1. The number of thioether (sulfide) groups is 1. The van der Waals surface area contributed by atoms with E-state index in [-0.39, 0.29) is 0 Å². The summed E-state index contributed by atoms with van der Waals surface area (Å²) in [6, 6.07) is 1.82. The van der Waals surface area contributed by atoms with Crippen LogP contribution < -0.4 is 5.32 Å². The summed E-state index contributed by atoms with van der Waals surface area (Å²) >= 11 is 7.39. The van der Waals surface area contributed by atoms with E-state index in [9.17, 15) is 4.79 Å². The SMILES string of the molecule is CSc1cc(Cl)cnc1CNC(=O)OC(C)(C)C. The van der Waals surface area contributed by atoms with Gasteiger partial charge in [0.1, 0.15) is 5.60 Å². The van der Waals surface area contributed by atoms with E-state index < -0.39 is 11.7 Å². The molecule has 6 heteroatoms. The van der Waals surface area contributed by atoms with Crippen LogP contribution in [-0.2, 0) is 11.3 Å². The molecule has 1 aromatic heterocycles. The summed E-state index contributed by atoms with van der Waals surface area (Å²) in [5, 5.41) is 3.25. The van der Waals surface area contributed by atoms with E-state index in [0.29, 0.717) is 11.6 Å². The van der Waals surface area contributed by atoms with Crippen molar-refractivity contribution in [3.05, 3.63) is 23.0 Å². The Bertz CT molecular complexity index is 433. The zero-order chi connectivity index (χ0) is 13.8. The molecule has 18 heavy (non-hydrogen) atoms. The van der Waals surface area contributed by atoms with E-state index in [0.717, 1.165) is 10.6 Å². The number of halogens is 1. The van der Waals surface area contributed by atoms with Crippen LogP contribution in [0.3, 0.4) is 0 Å². The minimum absolute atomic E-state index is 0.322. The minimum atomic E-state index is -0.500. The second-order valence-corrected chi connectivity index (χ2v) is 5.94. The average Bonchev–Trinajstić information content (AvgIpc) is 2.24. The van der Waals surface area contributed by atoms with Gasteiger partial charge in [-0.25, -0.2) is 4.79 Å². The second kappa shape index (κ2) is 6.29. The lowest BCUT2D eigenvalue weighted by atomic mass is 10.2. The molecule has 0 aliphatic heterocycles. The van der Waals surface area contributed by atoms with E-state index in [1.165, 1.54) is 11.8 Å². The fraction of sp³-hybridized carbons (Fsp3) is 0.500. The van der Waals surface area contributed by atoms with Crippen molar-refractivity contribution < 1.29 is 9.53 Å². The van der Waals surface area contributed by atoms with E-state index in [4.69, 9.17) is 16.3 Å². The van der Waals surface area contributed by atoms with Gasteiger partial charge >= 0.3 is 6.09 Å². The molecular weight excluding hydrogens is 272 g/mol. The first kappa shape index (κ1) is 15.1. The van der Waals surface area contributed by atoms with E-state index in [1.54, 1.807) is 6.20 Å². The van der Waals surface area contributed by atoms with Gasteiger partial charge in [-0.15, -0.1) is 11.8 Å². The number of hydrogen-bond donors (Lipinski definition) is 1. The van der Waals surface area contributed by atoms with Gasteiger partial charge in [-0.3, -0.25) is 4.98 Å². The lowest BCUT2D eigenvalue weighted by Gasteiger charge is -2.19. The largest absolute Gasteiger partial charge is 0.444 e. The van der Waals surface area contributed by atoms with Gasteiger partial charge < -0.3 is 10.1 Å². The molecule has 0 radical (unpaired) electrons. The highest BCUT2D eigenvalue weighted by Crippen LogP contribution is 2.22. The first-order valence-corrected chi connectivity index (χ1v) is 7.07. The highest BCUT2D eigenvalue weighted by Gasteiger charge is 2.16. The molecule has 0 unspecified atom stereocenters. The Balaban J connectivity index is 2.61. The molecule has 0 saturated heterocycles. The monoisotopic (exact) mass is 288 g/mol. The molecule has 1 amide bonds. The van der Waals surface area contributed by atoms with Gasteiger partial charge in [-0.1, -0.05) is 11.6 Å². The maximum absolute atomic E-state index is 11.5. The van der Waals surface area contributed by atoms with Crippen LogP contribution in [0.2, 0.25) is 5.02 Å². The molecule has 1 rings (SSSR count). The highest BCUT2D eigenvalue weighted by atomic mass is 35.5. The molecule has 0 fully saturated rings. The van der Waals surface area contributed by atoms with Crippen LogP contribution in [-0.4, -0.2) is 22.9 Å². The summed E-state index contributed by atoms with van der Waals surface area (Å²) in [4.78, 5) is 16.6. The molecule has 0 bridgehead atoms. The summed E-state index contributed by atoms with van der Waals surface area (Å²) in [7, 11) is 0. The van der Waals surface area contributed by atoms with E-state index >= 15 is 0 Å². The zero-order valence-corrected chi connectivity index (χ0v) is 12.5. The average molecular weight is 289 g/mol. The third kappa shape index (κ3) is 5.14. The van der Waals surface area contributed by atoms with Crippen molar-refractivity contribution in [2.24, 2.45) is 0 Å². The molecule has 1 aromatic rings. The third-order valence-electron chi connectivity index (χ3n) is 1.92. The molecule has 0 saturated carbocycles. The van der Waals surface area contributed by atoms with Crippen molar-refractivity contribution in [1.82, 2.24) is 10.3 Å². The van der Waals surface area contributed by atoms with Crippen LogP contribution >= 0.6 is 23.4 Å². The summed E-state index contributed by atoms with van der Waals surface area (Å²) in [5.41, 5.74) is 0.276. The number of pyridine rings is 1. The van der Waals surface area contributed by atoms with Gasteiger partial charge in [0.15, 0.2) is 0 Å². The topological polar surface area (TPSA) is 51.2 Å². The van der Waals surface area contributed by atoms with Crippen molar-refractivity contribution >= 4 is 29.5 Å². The first-order chi connectivity index (χ1) is 8.31. The second-order valence-electron chi connectivity index (χ2n) is 4.66. The van der Waals surface area contributed by atoms with Crippen LogP contribution in [0.25, 0.3) is 0 Å². The Hall–Kier alpha value is -0.940. The van der Waals surface area contributed by atoms with Crippen molar-refractivity contribution in [3.8, 4) is 0 Å². The molecule has 0 aliphatic carbocycles. The normalized spacial score (nSPS) is 11.2. The fourth-order valence-electron chi connectivity index (χ4n) is 1.23. The van der Waals surface area contributed by atoms with Crippen LogP contribution in [0.1, 0.15) is 26.5 Å². The summed E-state index contributed by atoms with van der Waals surface area (Å²) in [6.45, 7) is 5.78. The molecule has 100 valence electrons. The van der Waals surface area contributed by atoms with Gasteiger partial charge in [0, 0.05) is 11.1 Å².